The Bertz CT molecular complexity index is 1210. The third kappa shape index (κ3) is 7.16. The standard InChI is InChI=1S/C24H27ClN4O4S/c1-2-3-12-22-28-34(32,33)27-21-15-14-20(25)24(26-21)19-11-5-4-9-18(19)10-6-7-16-29(22)17-8-13-23(30)31/h2-5,9,11-12,14-15H,1,6-8,10,13,16-17H2,(H,26,27)(H,30,31)/b12-3-,28-22?. The molecule has 0 saturated carbocycles. The van der Waals surface area contributed by atoms with Crippen LogP contribution in [0.15, 0.2) is 65.6 Å². The molecule has 0 fully saturated rings. The molecule has 8 nitrogen and oxygen atoms in total. The number of halogens is 1. The summed E-state index contributed by atoms with van der Waals surface area (Å²) in [4.78, 5) is 17.3. The largest absolute Gasteiger partial charge is 0.481 e. The number of allylic oxidation sites excluding steroid dienone is 2. The molecule has 10 heteroatoms. The minimum Gasteiger partial charge on any atom is -0.481 e. The molecule has 1 aliphatic rings. The number of pyridine rings is 1. The van der Waals surface area contributed by atoms with E-state index in [-0.39, 0.29) is 18.1 Å². The summed E-state index contributed by atoms with van der Waals surface area (Å²) in [6, 6.07) is 10.9. The second kappa shape index (κ2) is 11.8. The Morgan fingerprint density at radius 3 is 2.79 bits per heavy atom. The number of benzene rings is 1. The van der Waals surface area contributed by atoms with Crippen molar-refractivity contribution in [2.24, 2.45) is 4.40 Å². The first-order valence-corrected chi connectivity index (χ1v) is 12.7. The zero-order valence-electron chi connectivity index (χ0n) is 18.7. The van der Waals surface area contributed by atoms with Crippen LogP contribution in [0.2, 0.25) is 5.02 Å². The summed E-state index contributed by atoms with van der Waals surface area (Å²) in [5.74, 6) is -0.610. The van der Waals surface area contributed by atoms with Crippen LogP contribution in [0, 0.1) is 0 Å². The van der Waals surface area contributed by atoms with Crippen molar-refractivity contribution in [2.45, 2.75) is 32.1 Å². The van der Waals surface area contributed by atoms with E-state index in [0.29, 0.717) is 30.2 Å². The molecule has 1 aromatic carbocycles. The van der Waals surface area contributed by atoms with Gasteiger partial charge in [0.2, 0.25) is 0 Å². The van der Waals surface area contributed by atoms with Gasteiger partial charge in [-0.25, -0.2) is 9.71 Å². The van der Waals surface area contributed by atoms with Gasteiger partial charge in [-0.3, -0.25) is 4.79 Å². The number of anilines is 1. The maximum atomic E-state index is 12.9. The minimum atomic E-state index is -4.18. The lowest BCUT2D eigenvalue weighted by Gasteiger charge is -2.25. The van der Waals surface area contributed by atoms with E-state index in [2.05, 4.69) is 20.7 Å². The summed E-state index contributed by atoms with van der Waals surface area (Å²) < 4.78 is 32.2. The summed E-state index contributed by atoms with van der Waals surface area (Å²) in [7, 11) is -4.18. The Kier molecular flexibility index (Phi) is 8.84. The number of fused-ring (bicyclic) bond motifs is 4. The van der Waals surface area contributed by atoms with E-state index < -0.39 is 16.2 Å². The molecule has 180 valence electrons. The first-order valence-electron chi connectivity index (χ1n) is 10.9. The van der Waals surface area contributed by atoms with Crippen molar-refractivity contribution >= 4 is 39.4 Å². The molecule has 34 heavy (non-hydrogen) atoms. The zero-order chi connectivity index (χ0) is 24.6. The normalized spacial score (nSPS) is 16.1. The molecule has 3 rings (SSSR count). The van der Waals surface area contributed by atoms with Crippen molar-refractivity contribution in [1.82, 2.24) is 9.88 Å². The van der Waals surface area contributed by atoms with Crippen LogP contribution < -0.4 is 4.72 Å². The Morgan fingerprint density at radius 1 is 1.24 bits per heavy atom. The smallest absolute Gasteiger partial charge is 0.345 e. The SMILES string of the molecule is C=C/C=C\C1=NS(=O)(=O)Nc2ccc(Cl)c(n2)-c2ccccc2CCCCN1CCCC(=O)O. The molecule has 2 N–H and O–H groups in total. The number of nitrogens with one attached hydrogen (secondary N) is 1. The first kappa shape index (κ1) is 25.5. The second-order valence-electron chi connectivity index (χ2n) is 7.75. The van der Waals surface area contributed by atoms with Gasteiger partial charge in [-0.05, 0) is 49.5 Å². The average molecular weight is 503 g/mol. The summed E-state index contributed by atoms with van der Waals surface area (Å²) in [6.45, 7) is 4.50. The van der Waals surface area contributed by atoms with Crippen molar-refractivity contribution < 1.29 is 18.3 Å². The summed E-state index contributed by atoms with van der Waals surface area (Å²) in [5.41, 5.74) is 2.41. The second-order valence-corrected chi connectivity index (χ2v) is 9.49. The van der Waals surface area contributed by atoms with E-state index in [1.54, 1.807) is 23.1 Å². The molecule has 2 heterocycles. The number of rotatable bonds is 6. The molecule has 0 unspecified atom stereocenters. The molecule has 1 aromatic heterocycles. The molecule has 0 radical (unpaired) electrons. The van der Waals surface area contributed by atoms with E-state index in [4.69, 9.17) is 16.7 Å². The quantitative estimate of drug-likeness (QED) is 0.553. The van der Waals surface area contributed by atoms with Crippen molar-refractivity contribution in [3.63, 3.8) is 0 Å². The lowest BCUT2D eigenvalue weighted by atomic mass is 9.99. The van der Waals surface area contributed by atoms with Gasteiger partial charge in [0, 0.05) is 25.1 Å². The van der Waals surface area contributed by atoms with E-state index in [0.717, 1.165) is 30.4 Å². The number of carboxylic acid groups (broad SMARTS) is 1. The lowest BCUT2D eigenvalue weighted by Crippen LogP contribution is -2.33. The average Bonchev–Trinajstić information content (AvgIpc) is 2.79. The molecule has 0 amide bonds. The number of carboxylic acids is 1. The number of aliphatic carboxylic acids is 1. The Morgan fingerprint density at radius 2 is 2.03 bits per heavy atom. The summed E-state index contributed by atoms with van der Waals surface area (Å²) in [6.07, 6.45) is 7.35. The third-order valence-electron chi connectivity index (χ3n) is 5.21. The number of hydrogen-bond donors (Lipinski definition) is 2. The van der Waals surface area contributed by atoms with Crippen molar-refractivity contribution in [2.75, 3.05) is 17.8 Å². The highest BCUT2D eigenvalue weighted by atomic mass is 35.5. The molecule has 0 aliphatic carbocycles. The topological polar surface area (TPSA) is 112 Å². The maximum absolute atomic E-state index is 12.9. The lowest BCUT2D eigenvalue weighted by molar-refractivity contribution is -0.137. The highest BCUT2D eigenvalue weighted by Crippen LogP contribution is 2.31. The van der Waals surface area contributed by atoms with Crippen LogP contribution in [0.1, 0.15) is 31.2 Å². The Hall–Kier alpha value is -3.17. The number of aromatic nitrogens is 1. The van der Waals surface area contributed by atoms with Gasteiger partial charge in [0.25, 0.3) is 0 Å². The van der Waals surface area contributed by atoms with Crippen LogP contribution in [-0.2, 0) is 21.4 Å². The highest BCUT2D eigenvalue weighted by Gasteiger charge is 2.18. The van der Waals surface area contributed by atoms with Gasteiger partial charge in [0.15, 0.2) is 0 Å². The summed E-state index contributed by atoms with van der Waals surface area (Å²) in [5, 5.41) is 9.44. The van der Waals surface area contributed by atoms with Gasteiger partial charge in [0.1, 0.15) is 11.7 Å². The predicted octanol–water partition coefficient (Wildman–Crippen LogP) is 4.70. The molecule has 2 bridgehead atoms. The van der Waals surface area contributed by atoms with Gasteiger partial charge >= 0.3 is 16.2 Å². The van der Waals surface area contributed by atoms with Crippen LogP contribution >= 0.6 is 11.6 Å². The van der Waals surface area contributed by atoms with Gasteiger partial charge < -0.3 is 10.0 Å². The fourth-order valence-electron chi connectivity index (χ4n) is 3.66. The van der Waals surface area contributed by atoms with Gasteiger partial charge in [-0.2, -0.15) is 8.42 Å². The fraction of sp³-hybridized carbons (Fsp3) is 0.292. The summed E-state index contributed by atoms with van der Waals surface area (Å²) >= 11 is 6.42. The molecule has 1 aliphatic heterocycles. The molecular weight excluding hydrogens is 476 g/mol. The molecule has 2 aromatic rings. The number of amidine groups is 1. The minimum absolute atomic E-state index is 0.0230. The zero-order valence-corrected chi connectivity index (χ0v) is 20.2. The highest BCUT2D eigenvalue weighted by molar-refractivity contribution is 7.91. The van der Waals surface area contributed by atoms with Crippen molar-refractivity contribution in [3.8, 4) is 11.3 Å². The van der Waals surface area contributed by atoms with Crippen LogP contribution in [-0.4, -0.2) is 48.3 Å². The molecule has 0 saturated heterocycles. The van der Waals surface area contributed by atoms with Crippen LogP contribution in [0.4, 0.5) is 5.82 Å². The number of hydrogen-bond acceptors (Lipinski definition) is 5. The van der Waals surface area contributed by atoms with Crippen LogP contribution in [0.25, 0.3) is 11.3 Å². The molecule has 0 spiro atoms. The van der Waals surface area contributed by atoms with Gasteiger partial charge in [-0.15, -0.1) is 4.40 Å². The maximum Gasteiger partial charge on any atom is 0.345 e. The first-order chi connectivity index (χ1) is 16.3. The predicted molar refractivity (Wildman–Crippen MR) is 135 cm³/mol. The van der Waals surface area contributed by atoms with Crippen LogP contribution in [0.5, 0.6) is 0 Å². The number of nitrogens with zero attached hydrogens (tertiary/aromatic N) is 3. The van der Waals surface area contributed by atoms with Gasteiger partial charge in [-0.1, -0.05) is 54.6 Å². The number of carbonyl (C=O) groups is 1. The van der Waals surface area contributed by atoms with E-state index in [9.17, 15) is 13.2 Å². The third-order valence-corrected chi connectivity index (χ3v) is 6.41. The van der Waals surface area contributed by atoms with Crippen LogP contribution in [0.3, 0.4) is 0 Å². The monoisotopic (exact) mass is 502 g/mol. The van der Waals surface area contributed by atoms with Gasteiger partial charge in [0.05, 0.1) is 10.7 Å². The Balaban J connectivity index is 2.05. The van der Waals surface area contributed by atoms with Crippen molar-refractivity contribution in [1.29, 1.82) is 0 Å². The van der Waals surface area contributed by atoms with E-state index >= 15 is 0 Å². The molecular formula is C24H27ClN4O4S. The Labute approximate surface area is 204 Å². The fourth-order valence-corrected chi connectivity index (χ4v) is 4.72. The molecule has 0 atom stereocenters. The van der Waals surface area contributed by atoms with E-state index in [1.807, 2.05) is 24.3 Å². The number of aryl methyl sites for hydroxylation is 1. The van der Waals surface area contributed by atoms with Crippen molar-refractivity contribution in [3.05, 3.63) is 71.8 Å². The van der Waals surface area contributed by atoms with E-state index in [1.165, 1.54) is 12.1 Å².